The smallest absolute Gasteiger partial charge is 0.0592 e. The van der Waals surface area contributed by atoms with Crippen LogP contribution in [0.25, 0.3) is 0 Å². The van der Waals surface area contributed by atoms with Crippen LogP contribution in [0.15, 0.2) is 60.7 Å². The molecule has 0 amide bonds. The van der Waals surface area contributed by atoms with Crippen LogP contribution in [0.3, 0.4) is 0 Å². The number of para-hydroxylation sites is 1. The third-order valence-corrected chi connectivity index (χ3v) is 4.45. The second-order valence-corrected chi connectivity index (χ2v) is 6.82. The van der Waals surface area contributed by atoms with Gasteiger partial charge in [-0.3, -0.25) is 0 Å². The van der Waals surface area contributed by atoms with Crippen LogP contribution in [-0.2, 0) is 0 Å². The van der Waals surface area contributed by atoms with Gasteiger partial charge < -0.3 is 4.90 Å². The number of hydrogen-bond acceptors (Lipinski definition) is 1. The molecular formula is C19H23N. The van der Waals surface area contributed by atoms with Crippen molar-refractivity contribution in [1.82, 2.24) is 0 Å². The normalized spacial score (nSPS) is 22.4. The second kappa shape index (κ2) is 4.97. The third-order valence-electron chi connectivity index (χ3n) is 4.45. The van der Waals surface area contributed by atoms with Crippen molar-refractivity contribution in [1.29, 1.82) is 0 Å². The highest BCUT2D eigenvalue weighted by Crippen LogP contribution is 2.49. The van der Waals surface area contributed by atoms with Crippen molar-refractivity contribution < 1.29 is 0 Å². The van der Waals surface area contributed by atoms with Gasteiger partial charge in [0, 0.05) is 18.2 Å². The zero-order chi connectivity index (χ0) is 14.2. The van der Waals surface area contributed by atoms with Gasteiger partial charge in [0.2, 0.25) is 0 Å². The molecule has 0 radical (unpaired) electrons. The Labute approximate surface area is 122 Å². The van der Waals surface area contributed by atoms with Crippen LogP contribution in [0, 0.1) is 11.3 Å². The van der Waals surface area contributed by atoms with Gasteiger partial charge in [-0.1, -0.05) is 69.3 Å². The molecule has 2 aromatic carbocycles. The topological polar surface area (TPSA) is 3.24 Å². The van der Waals surface area contributed by atoms with E-state index in [0.29, 0.717) is 17.4 Å². The van der Waals surface area contributed by atoms with Gasteiger partial charge in [-0.2, -0.15) is 0 Å². The number of rotatable bonds is 2. The van der Waals surface area contributed by atoms with Crippen molar-refractivity contribution >= 4 is 5.69 Å². The first-order valence-corrected chi connectivity index (χ1v) is 7.44. The quantitative estimate of drug-likeness (QED) is 0.745. The van der Waals surface area contributed by atoms with E-state index in [-0.39, 0.29) is 0 Å². The lowest BCUT2D eigenvalue weighted by Crippen LogP contribution is -2.54. The molecule has 0 N–H and O–H groups in total. The Morgan fingerprint density at radius 3 is 1.95 bits per heavy atom. The summed E-state index contributed by atoms with van der Waals surface area (Å²) in [5.74, 6) is 0.699. The minimum atomic E-state index is 0.339. The molecule has 1 heteroatoms. The first-order valence-electron chi connectivity index (χ1n) is 7.44. The molecule has 0 bridgehead atoms. The molecule has 1 saturated heterocycles. The summed E-state index contributed by atoms with van der Waals surface area (Å²) in [6.07, 6.45) is 0. The summed E-state index contributed by atoms with van der Waals surface area (Å²) in [5.41, 5.74) is 3.11. The molecule has 0 aromatic heterocycles. The molecule has 1 aliphatic heterocycles. The van der Waals surface area contributed by atoms with Crippen molar-refractivity contribution in [3.05, 3.63) is 66.2 Å². The van der Waals surface area contributed by atoms with Gasteiger partial charge in [-0.05, 0) is 23.1 Å². The Morgan fingerprint density at radius 2 is 1.40 bits per heavy atom. The lowest BCUT2D eigenvalue weighted by Gasteiger charge is -2.55. The van der Waals surface area contributed by atoms with E-state index in [4.69, 9.17) is 0 Å². The third kappa shape index (κ3) is 2.33. The molecule has 2 atom stereocenters. The van der Waals surface area contributed by atoms with Crippen LogP contribution in [-0.4, -0.2) is 6.54 Å². The Kier molecular flexibility index (Phi) is 3.29. The highest BCUT2D eigenvalue weighted by atomic mass is 15.2. The molecule has 20 heavy (non-hydrogen) atoms. The Hall–Kier alpha value is -1.76. The summed E-state index contributed by atoms with van der Waals surface area (Å²) in [5, 5.41) is 0. The maximum Gasteiger partial charge on any atom is 0.0592 e. The Bertz CT molecular complexity index is 553. The van der Waals surface area contributed by atoms with Crippen molar-refractivity contribution in [3.8, 4) is 0 Å². The molecule has 2 aromatic rings. The molecule has 1 nitrogen and oxygen atoms in total. The van der Waals surface area contributed by atoms with Gasteiger partial charge in [-0.25, -0.2) is 0 Å². The van der Waals surface area contributed by atoms with Gasteiger partial charge in [0.05, 0.1) is 6.04 Å². The summed E-state index contributed by atoms with van der Waals surface area (Å²) in [6.45, 7) is 8.22. The second-order valence-electron chi connectivity index (χ2n) is 6.82. The standard InChI is InChI=1S/C19H23N/c1-19(2,3)17-14-20(16-12-8-5-9-13-16)18(17)15-10-6-4-7-11-15/h4-13,17-18H,14H2,1-3H3. The van der Waals surface area contributed by atoms with E-state index in [1.165, 1.54) is 11.3 Å². The van der Waals surface area contributed by atoms with E-state index in [2.05, 4.69) is 86.3 Å². The maximum atomic E-state index is 2.53. The van der Waals surface area contributed by atoms with Crippen LogP contribution < -0.4 is 4.90 Å². The van der Waals surface area contributed by atoms with Crippen LogP contribution in [0.4, 0.5) is 5.69 Å². The van der Waals surface area contributed by atoms with Crippen molar-refractivity contribution in [2.24, 2.45) is 11.3 Å². The molecule has 0 aliphatic carbocycles. The Morgan fingerprint density at radius 1 is 0.850 bits per heavy atom. The largest absolute Gasteiger partial charge is 0.364 e. The number of nitrogens with zero attached hydrogens (tertiary/aromatic N) is 1. The van der Waals surface area contributed by atoms with E-state index in [9.17, 15) is 0 Å². The maximum absolute atomic E-state index is 2.53. The summed E-state index contributed by atoms with van der Waals surface area (Å²) >= 11 is 0. The minimum Gasteiger partial charge on any atom is -0.364 e. The molecule has 1 aliphatic rings. The number of hydrogen-bond donors (Lipinski definition) is 0. The predicted octanol–water partition coefficient (Wildman–Crippen LogP) is 4.91. The van der Waals surface area contributed by atoms with E-state index in [1.54, 1.807) is 0 Å². The van der Waals surface area contributed by atoms with Gasteiger partial charge >= 0.3 is 0 Å². The summed E-state index contributed by atoms with van der Waals surface area (Å²) in [4.78, 5) is 2.53. The zero-order valence-electron chi connectivity index (χ0n) is 12.6. The average Bonchev–Trinajstić information content (AvgIpc) is 2.38. The number of anilines is 1. The molecule has 1 fully saturated rings. The molecule has 104 valence electrons. The molecule has 0 saturated carbocycles. The highest BCUT2D eigenvalue weighted by Gasteiger charge is 2.45. The summed E-state index contributed by atoms with van der Waals surface area (Å²) in [6, 6.07) is 22.2. The lowest BCUT2D eigenvalue weighted by atomic mass is 9.68. The van der Waals surface area contributed by atoms with Gasteiger partial charge in [0.1, 0.15) is 0 Å². The van der Waals surface area contributed by atoms with Crippen molar-refractivity contribution in [2.75, 3.05) is 11.4 Å². The van der Waals surface area contributed by atoms with Gasteiger partial charge in [-0.15, -0.1) is 0 Å². The highest BCUT2D eigenvalue weighted by molar-refractivity contribution is 5.52. The summed E-state index contributed by atoms with van der Waals surface area (Å²) in [7, 11) is 0. The fourth-order valence-corrected chi connectivity index (χ4v) is 3.20. The molecule has 0 spiro atoms. The van der Waals surface area contributed by atoms with Crippen LogP contribution >= 0.6 is 0 Å². The minimum absolute atomic E-state index is 0.339. The first-order chi connectivity index (χ1) is 9.57. The van der Waals surface area contributed by atoms with Gasteiger partial charge in [0.25, 0.3) is 0 Å². The van der Waals surface area contributed by atoms with Crippen molar-refractivity contribution in [3.63, 3.8) is 0 Å². The number of benzene rings is 2. The van der Waals surface area contributed by atoms with Crippen LogP contribution in [0.5, 0.6) is 0 Å². The van der Waals surface area contributed by atoms with E-state index < -0.39 is 0 Å². The SMILES string of the molecule is CC(C)(C)C1CN(c2ccccc2)C1c1ccccc1. The fraction of sp³-hybridized carbons (Fsp3) is 0.368. The monoisotopic (exact) mass is 265 g/mol. The van der Waals surface area contributed by atoms with Crippen molar-refractivity contribution in [2.45, 2.75) is 26.8 Å². The molecule has 1 heterocycles. The zero-order valence-corrected chi connectivity index (χ0v) is 12.6. The average molecular weight is 265 g/mol. The van der Waals surface area contributed by atoms with Crippen LogP contribution in [0.1, 0.15) is 32.4 Å². The van der Waals surface area contributed by atoms with Gasteiger partial charge in [0.15, 0.2) is 0 Å². The fourth-order valence-electron chi connectivity index (χ4n) is 3.20. The summed E-state index contributed by atoms with van der Waals surface area (Å²) < 4.78 is 0. The Balaban J connectivity index is 1.94. The predicted molar refractivity (Wildman–Crippen MR) is 85.9 cm³/mol. The van der Waals surface area contributed by atoms with E-state index in [0.717, 1.165) is 6.54 Å². The first kappa shape index (κ1) is 13.2. The van der Waals surface area contributed by atoms with E-state index >= 15 is 0 Å². The molecule has 3 rings (SSSR count). The molecule has 2 unspecified atom stereocenters. The molecular weight excluding hydrogens is 242 g/mol. The lowest BCUT2D eigenvalue weighted by molar-refractivity contribution is 0.135. The van der Waals surface area contributed by atoms with E-state index in [1.807, 2.05) is 0 Å². The van der Waals surface area contributed by atoms with Crippen LogP contribution in [0.2, 0.25) is 0 Å².